The number of amides is 2. The lowest BCUT2D eigenvalue weighted by atomic mass is 9.88. The lowest BCUT2D eigenvalue weighted by Gasteiger charge is -2.45. The first-order valence-corrected chi connectivity index (χ1v) is 9.65. The Morgan fingerprint density at radius 2 is 1.96 bits per heavy atom. The Morgan fingerprint density at radius 3 is 2.50 bits per heavy atom. The van der Waals surface area contributed by atoms with E-state index in [0.717, 1.165) is 18.8 Å². The summed E-state index contributed by atoms with van der Waals surface area (Å²) in [5, 5.41) is 6.02. The molecule has 2 amide bonds. The summed E-state index contributed by atoms with van der Waals surface area (Å²) in [5.41, 5.74) is -0.0533. The molecule has 3 unspecified atom stereocenters. The molecule has 1 aliphatic heterocycles. The second-order valence-electron chi connectivity index (χ2n) is 8.72. The van der Waals surface area contributed by atoms with Crippen molar-refractivity contribution < 1.29 is 9.21 Å². The van der Waals surface area contributed by atoms with E-state index in [4.69, 9.17) is 4.42 Å². The van der Waals surface area contributed by atoms with E-state index in [-0.39, 0.29) is 17.6 Å². The summed E-state index contributed by atoms with van der Waals surface area (Å²) in [5.74, 6) is 2.27. The molecule has 26 heavy (non-hydrogen) atoms. The Labute approximate surface area is 158 Å². The first kappa shape index (κ1) is 20.8. The predicted octanol–water partition coefficient (Wildman–Crippen LogP) is 2.94. The lowest BCUT2D eigenvalue weighted by Crippen LogP contribution is -2.57. The molecule has 1 aromatic heterocycles. The fourth-order valence-electron chi connectivity index (χ4n) is 3.84. The molecule has 2 N–H and O–H groups in total. The number of likely N-dealkylation sites (tertiary alicyclic amines) is 1. The molecular weight excluding hydrogens is 328 g/mol. The van der Waals surface area contributed by atoms with Crippen molar-refractivity contribution in [2.24, 2.45) is 11.8 Å². The van der Waals surface area contributed by atoms with Crippen molar-refractivity contribution in [2.45, 2.75) is 45.7 Å². The van der Waals surface area contributed by atoms with Crippen LogP contribution >= 0.6 is 0 Å². The lowest BCUT2D eigenvalue weighted by molar-refractivity contribution is 0.0472. The number of hydrogen-bond acceptors (Lipinski definition) is 4. The van der Waals surface area contributed by atoms with Crippen molar-refractivity contribution in [1.82, 2.24) is 20.4 Å². The van der Waals surface area contributed by atoms with Gasteiger partial charge in [0.1, 0.15) is 5.76 Å². The van der Waals surface area contributed by atoms with Gasteiger partial charge in [0.05, 0.1) is 12.3 Å². The third kappa shape index (κ3) is 5.74. The van der Waals surface area contributed by atoms with Crippen molar-refractivity contribution >= 4 is 6.03 Å². The van der Waals surface area contributed by atoms with Gasteiger partial charge >= 0.3 is 6.03 Å². The van der Waals surface area contributed by atoms with Gasteiger partial charge in [-0.05, 0) is 58.3 Å². The average Bonchev–Trinajstić information content (AvgIpc) is 3.06. The Kier molecular flexibility index (Phi) is 7.12. The van der Waals surface area contributed by atoms with Crippen LogP contribution in [0.15, 0.2) is 22.8 Å². The third-order valence-corrected chi connectivity index (χ3v) is 5.36. The van der Waals surface area contributed by atoms with E-state index in [9.17, 15) is 4.79 Å². The van der Waals surface area contributed by atoms with Crippen LogP contribution in [-0.2, 0) is 0 Å². The number of carbonyl (C=O) groups excluding carboxylic acids is 1. The number of furan rings is 1. The first-order chi connectivity index (χ1) is 12.2. The molecule has 2 heterocycles. The van der Waals surface area contributed by atoms with Gasteiger partial charge in [-0.25, -0.2) is 4.79 Å². The van der Waals surface area contributed by atoms with Crippen LogP contribution < -0.4 is 10.6 Å². The summed E-state index contributed by atoms with van der Waals surface area (Å²) < 4.78 is 5.48. The molecule has 1 fully saturated rings. The molecular formula is C20H36N4O2. The minimum atomic E-state index is -0.130. The number of nitrogens with one attached hydrogen (secondary N) is 2. The highest BCUT2D eigenvalue weighted by molar-refractivity contribution is 5.73. The maximum Gasteiger partial charge on any atom is 0.314 e. The van der Waals surface area contributed by atoms with Crippen LogP contribution in [0.4, 0.5) is 4.79 Å². The maximum absolute atomic E-state index is 12.3. The standard InChI is InChI=1S/C20H36N4O2/c1-15-10-16(2)13-24(12-15)20(3,4)14-22-19(25)21-11-17(23(5)6)18-8-7-9-26-18/h7-9,15-17H,10-14H2,1-6H3,(H2,21,22,25). The summed E-state index contributed by atoms with van der Waals surface area (Å²) in [7, 11) is 3.96. The normalized spacial score (nSPS) is 23.0. The highest BCUT2D eigenvalue weighted by Gasteiger charge is 2.33. The molecule has 6 nitrogen and oxygen atoms in total. The number of likely N-dealkylation sites (N-methyl/N-ethyl adjacent to an activating group) is 1. The summed E-state index contributed by atoms with van der Waals surface area (Å²) in [4.78, 5) is 16.9. The Morgan fingerprint density at radius 1 is 1.31 bits per heavy atom. The third-order valence-electron chi connectivity index (χ3n) is 5.36. The molecule has 0 bridgehead atoms. The SMILES string of the molecule is CC1CC(C)CN(C(C)(C)CNC(=O)NCC(c2ccco2)N(C)C)C1. The van der Waals surface area contributed by atoms with Crippen LogP contribution in [0.25, 0.3) is 0 Å². The number of piperidine rings is 1. The quantitative estimate of drug-likeness (QED) is 0.781. The van der Waals surface area contributed by atoms with Gasteiger partial charge in [-0.3, -0.25) is 9.80 Å². The number of carbonyl (C=O) groups is 1. The zero-order valence-electron chi connectivity index (χ0n) is 17.2. The molecule has 0 radical (unpaired) electrons. The van der Waals surface area contributed by atoms with Crippen LogP contribution in [-0.4, -0.2) is 61.6 Å². The van der Waals surface area contributed by atoms with Crippen molar-refractivity contribution in [2.75, 3.05) is 40.3 Å². The largest absolute Gasteiger partial charge is 0.468 e. The van der Waals surface area contributed by atoms with Gasteiger partial charge in [-0.2, -0.15) is 0 Å². The monoisotopic (exact) mass is 364 g/mol. The summed E-state index contributed by atoms with van der Waals surface area (Å²) in [6.45, 7) is 12.4. The Bertz CT molecular complexity index is 546. The molecule has 3 atom stereocenters. The van der Waals surface area contributed by atoms with Crippen LogP contribution in [0.5, 0.6) is 0 Å². The fourth-order valence-corrected chi connectivity index (χ4v) is 3.84. The summed E-state index contributed by atoms with van der Waals surface area (Å²) in [6, 6.07) is 3.70. The van der Waals surface area contributed by atoms with E-state index in [2.05, 4.69) is 43.2 Å². The molecule has 6 heteroatoms. The van der Waals surface area contributed by atoms with E-state index in [1.807, 2.05) is 31.1 Å². The molecule has 1 aliphatic rings. The summed E-state index contributed by atoms with van der Waals surface area (Å²) >= 11 is 0. The van der Waals surface area contributed by atoms with Crippen molar-refractivity contribution in [1.29, 1.82) is 0 Å². The van der Waals surface area contributed by atoms with E-state index >= 15 is 0 Å². The van der Waals surface area contributed by atoms with E-state index < -0.39 is 0 Å². The minimum absolute atomic E-state index is 0.0209. The maximum atomic E-state index is 12.3. The molecule has 0 spiro atoms. The van der Waals surface area contributed by atoms with E-state index in [1.165, 1.54) is 6.42 Å². The molecule has 2 rings (SSSR count). The highest BCUT2D eigenvalue weighted by Crippen LogP contribution is 2.26. The number of nitrogens with zero attached hydrogens (tertiary/aromatic N) is 2. The fraction of sp³-hybridized carbons (Fsp3) is 0.750. The van der Waals surface area contributed by atoms with Crippen molar-refractivity contribution in [3.63, 3.8) is 0 Å². The van der Waals surface area contributed by atoms with Crippen molar-refractivity contribution in [3.05, 3.63) is 24.2 Å². The van der Waals surface area contributed by atoms with Crippen molar-refractivity contribution in [3.8, 4) is 0 Å². The topological polar surface area (TPSA) is 60.8 Å². The van der Waals surface area contributed by atoms with Gasteiger partial charge in [0.25, 0.3) is 0 Å². The zero-order valence-corrected chi connectivity index (χ0v) is 17.2. The zero-order chi connectivity index (χ0) is 19.3. The number of hydrogen-bond donors (Lipinski definition) is 2. The van der Waals surface area contributed by atoms with Gasteiger partial charge in [-0.1, -0.05) is 13.8 Å². The van der Waals surface area contributed by atoms with Gasteiger partial charge < -0.3 is 15.1 Å². The number of rotatable bonds is 7. The molecule has 0 saturated carbocycles. The number of urea groups is 1. The molecule has 1 saturated heterocycles. The van der Waals surface area contributed by atoms with Gasteiger partial charge in [0.2, 0.25) is 0 Å². The molecule has 0 aromatic carbocycles. The van der Waals surface area contributed by atoms with Crippen LogP contribution in [0.2, 0.25) is 0 Å². The average molecular weight is 365 g/mol. The molecule has 1 aromatic rings. The van der Waals surface area contributed by atoms with E-state index in [1.54, 1.807) is 6.26 Å². The van der Waals surface area contributed by atoms with E-state index in [0.29, 0.717) is 24.9 Å². The Hall–Kier alpha value is -1.53. The second kappa shape index (κ2) is 8.91. The van der Waals surface area contributed by atoms with Gasteiger partial charge in [0, 0.05) is 31.7 Å². The predicted molar refractivity (Wildman–Crippen MR) is 105 cm³/mol. The summed E-state index contributed by atoms with van der Waals surface area (Å²) in [6.07, 6.45) is 2.95. The second-order valence-corrected chi connectivity index (χ2v) is 8.72. The van der Waals surface area contributed by atoms with Crippen LogP contribution in [0.1, 0.15) is 45.9 Å². The van der Waals surface area contributed by atoms with Crippen LogP contribution in [0, 0.1) is 11.8 Å². The molecule has 0 aliphatic carbocycles. The smallest absolute Gasteiger partial charge is 0.314 e. The first-order valence-electron chi connectivity index (χ1n) is 9.65. The Balaban J connectivity index is 1.81. The highest BCUT2D eigenvalue weighted by atomic mass is 16.3. The van der Waals surface area contributed by atoms with Gasteiger partial charge in [-0.15, -0.1) is 0 Å². The minimum Gasteiger partial charge on any atom is -0.468 e. The molecule has 148 valence electrons. The van der Waals surface area contributed by atoms with Gasteiger partial charge in [0.15, 0.2) is 0 Å². The van der Waals surface area contributed by atoms with Crippen LogP contribution in [0.3, 0.4) is 0 Å².